The maximum absolute atomic E-state index is 11.2. The zero-order chi connectivity index (χ0) is 10.2. The first-order valence-corrected chi connectivity index (χ1v) is 5.83. The lowest BCUT2D eigenvalue weighted by Gasteiger charge is -2.12. The third-order valence-corrected chi connectivity index (χ3v) is 3.11. The molecule has 14 heavy (non-hydrogen) atoms. The number of ketones is 1. The fourth-order valence-corrected chi connectivity index (χ4v) is 2.25. The van der Waals surface area contributed by atoms with Crippen molar-refractivity contribution >= 4 is 5.78 Å². The SMILES string of the molecule is COCC(=O)CCC1CCCCCC1. The van der Waals surface area contributed by atoms with Crippen LogP contribution in [0.1, 0.15) is 51.4 Å². The molecule has 2 heteroatoms. The molecule has 2 nitrogen and oxygen atoms in total. The van der Waals surface area contributed by atoms with Crippen LogP contribution in [0, 0.1) is 5.92 Å². The Balaban J connectivity index is 2.12. The van der Waals surface area contributed by atoms with Gasteiger partial charge in [0.25, 0.3) is 0 Å². The minimum absolute atomic E-state index is 0.261. The van der Waals surface area contributed by atoms with Crippen molar-refractivity contribution in [3.8, 4) is 0 Å². The fraction of sp³-hybridized carbons (Fsp3) is 0.917. The van der Waals surface area contributed by atoms with E-state index >= 15 is 0 Å². The van der Waals surface area contributed by atoms with Crippen LogP contribution >= 0.6 is 0 Å². The summed E-state index contributed by atoms with van der Waals surface area (Å²) in [6, 6.07) is 0. The van der Waals surface area contributed by atoms with Crippen LogP contribution in [0.3, 0.4) is 0 Å². The highest BCUT2D eigenvalue weighted by Gasteiger charge is 2.13. The van der Waals surface area contributed by atoms with Gasteiger partial charge in [0.15, 0.2) is 5.78 Å². The number of carbonyl (C=O) groups excluding carboxylic acids is 1. The van der Waals surface area contributed by atoms with Crippen LogP contribution in [0.2, 0.25) is 0 Å². The molecule has 0 atom stereocenters. The molecule has 0 amide bonds. The summed E-state index contributed by atoms with van der Waals surface area (Å²) in [5.41, 5.74) is 0. The average molecular weight is 198 g/mol. The van der Waals surface area contributed by atoms with E-state index < -0.39 is 0 Å². The number of hydrogen-bond donors (Lipinski definition) is 0. The van der Waals surface area contributed by atoms with Gasteiger partial charge in [-0.3, -0.25) is 4.79 Å². The minimum Gasteiger partial charge on any atom is -0.377 e. The Bertz CT molecular complexity index is 158. The summed E-state index contributed by atoms with van der Waals surface area (Å²) >= 11 is 0. The summed E-state index contributed by atoms with van der Waals surface area (Å²) < 4.78 is 4.82. The van der Waals surface area contributed by atoms with E-state index in [0.717, 1.165) is 18.8 Å². The van der Waals surface area contributed by atoms with Crippen molar-refractivity contribution in [2.45, 2.75) is 51.4 Å². The van der Waals surface area contributed by atoms with Gasteiger partial charge in [-0.15, -0.1) is 0 Å². The van der Waals surface area contributed by atoms with Crippen molar-refractivity contribution < 1.29 is 9.53 Å². The number of carbonyl (C=O) groups is 1. The second-order valence-corrected chi connectivity index (χ2v) is 4.37. The summed E-state index contributed by atoms with van der Waals surface area (Å²) in [5, 5.41) is 0. The van der Waals surface area contributed by atoms with E-state index in [2.05, 4.69) is 0 Å². The molecule has 1 saturated carbocycles. The predicted octanol–water partition coefficient (Wildman–Crippen LogP) is 2.95. The van der Waals surface area contributed by atoms with Crippen LogP contribution < -0.4 is 0 Å². The van der Waals surface area contributed by atoms with Crippen LogP contribution in [0.25, 0.3) is 0 Å². The number of Topliss-reactive ketones (excluding diaryl/α,β-unsaturated/α-hetero) is 1. The second-order valence-electron chi connectivity index (χ2n) is 4.37. The van der Waals surface area contributed by atoms with E-state index in [4.69, 9.17) is 4.74 Å². The fourth-order valence-electron chi connectivity index (χ4n) is 2.25. The van der Waals surface area contributed by atoms with Crippen molar-refractivity contribution in [2.75, 3.05) is 13.7 Å². The first kappa shape index (κ1) is 11.7. The first-order chi connectivity index (χ1) is 6.83. The van der Waals surface area contributed by atoms with Gasteiger partial charge in [0.05, 0.1) is 0 Å². The highest BCUT2D eigenvalue weighted by atomic mass is 16.5. The average Bonchev–Trinajstić information content (AvgIpc) is 2.43. The molecule has 0 unspecified atom stereocenters. The summed E-state index contributed by atoms with van der Waals surface area (Å²) in [5.74, 6) is 1.06. The van der Waals surface area contributed by atoms with E-state index in [1.54, 1.807) is 7.11 Å². The topological polar surface area (TPSA) is 26.3 Å². The predicted molar refractivity (Wildman–Crippen MR) is 57.3 cm³/mol. The molecule has 1 rings (SSSR count). The Labute approximate surface area is 87.0 Å². The molecule has 0 aliphatic heterocycles. The molecule has 0 N–H and O–H groups in total. The number of methoxy groups -OCH3 is 1. The van der Waals surface area contributed by atoms with Crippen molar-refractivity contribution in [2.24, 2.45) is 5.92 Å². The van der Waals surface area contributed by atoms with Crippen LogP contribution in [0.15, 0.2) is 0 Å². The summed E-state index contributed by atoms with van der Waals surface area (Å²) in [7, 11) is 1.59. The van der Waals surface area contributed by atoms with Crippen LogP contribution in [-0.4, -0.2) is 19.5 Å². The molecule has 0 aromatic rings. The molecule has 1 aliphatic carbocycles. The largest absolute Gasteiger partial charge is 0.377 e. The van der Waals surface area contributed by atoms with Gasteiger partial charge in [0.2, 0.25) is 0 Å². The van der Waals surface area contributed by atoms with Crippen molar-refractivity contribution in [1.82, 2.24) is 0 Å². The maximum Gasteiger partial charge on any atom is 0.158 e. The third kappa shape index (κ3) is 4.75. The Kier molecular flexibility index (Phi) is 5.85. The lowest BCUT2D eigenvalue weighted by Crippen LogP contribution is -2.09. The van der Waals surface area contributed by atoms with Gasteiger partial charge < -0.3 is 4.74 Å². The highest BCUT2D eigenvalue weighted by molar-refractivity contribution is 5.79. The van der Waals surface area contributed by atoms with E-state index in [1.807, 2.05) is 0 Å². The van der Waals surface area contributed by atoms with Gasteiger partial charge in [0, 0.05) is 13.5 Å². The van der Waals surface area contributed by atoms with Crippen LogP contribution in [0.4, 0.5) is 0 Å². The second kappa shape index (κ2) is 6.99. The zero-order valence-corrected chi connectivity index (χ0v) is 9.26. The van der Waals surface area contributed by atoms with Gasteiger partial charge in [-0.05, 0) is 12.3 Å². The molecule has 0 radical (unpaired) electrons. The van der Waals surface area contributed by atoms with Gasteiger partial charge in [0.1, 0.15) is 6.61 Å². The minimum atomic E-state index is 0.261. The monoisotopic (exact) mass is 198 g/mol. The lowest BCUT2D eigenvalue weighted by atomic mass is 9.94. The quantitative estimate of drug-likeness (QED) is 0.635. The zero-order valence-electron chi connectivity index (χ0n) is 9.26. The molecule has 0 aromatic carbocycles. The van der Waals surface area contributed by atoms with Gasteiger partial charge >= 0.3 is 0 Å². The van der Waals surface area contributed by atoms with Crippen LogP contribution in [0.5, 0.6) is 0 Å². The van der Waals surface area contributed by atoms with Crippen LogP contribution in [-0.2, 0) is 9.53 Å². The third-order valence-electron chi connectivity index (χ3n) is 3.11. The molecule has 0 heterocycles. The normalized spacial score (nSPS) is 19.2. The van der Waals surface area contributed by atoms with Crippen molar-refractivity contribution in [3.05, 3.63) is 0 Å². The molecular formula is C12H22O2. The van der Waals surface area contributed by atoms with E-state index in [0.29, 0.717) is 6.61 Å². The molecule has 82 valence electrons. The number of ether oxygens (including phenoxy) is 1. The van der Waals surface area contributed by atoms with E-state index in [-0.39, 0.29) is 5.78 Å². The van der Waals surface area contributed by atoms with E-state index in [9.17, 15) is 4.79 Å². The first-order valence-electron chi connectivity index (χ1n) is 5.83. The Morgan fingerprint density at radius 2 is 1.86 bits per heavy atom. The summed E-state index contributed by atoms with van der Waals surface area (Å²) in [6.07, 6.45) is 9.98. The van der Waals surface area contributed by atoms with Gasteiger partial charge in [-0.25, -0.2) is 0 Å². The van der Waals surface area contributed by atoms with Crippen molar-refractivity contribution in [1.29, 1.82) is 0 Å². The van der Waals surface area contributed by atoms with Gasteiger partial charge in [-0.2, -0.15) is 0 Å². The Morgan fingerprint density at radius 3 is 2.43 bits per heavy atom. The molecule has 1 fully saturated rings. The molecular weight excluding hydrogens is 176 g/mol. The molecule has 0 spiro atoms. The van der Waals surface area contributed by atoms with Crippen molar-refractivity contribution in [3.63, 3.8) is 0 Å². The molecule has 0 bridgehead atoms. The standard InChI is InChI=1S/C12H22O2/c1-14-10-12(13)9-8-11-6-4-2-3-5-7-11/h11H,2-10H2,1H3. The Hall–Kier alpha value is -0.370. The number of rotatable bonds is 5. The highest BCUT2D eigenvalue weighted by Crippen LogP contribution is 2.26. The molecule has 0 saturated heterocycles. The Morgan fingerprint density at radius 1 is 1.21 bits per heavy atom. The molecule has 0 aromatic heterocycles. The summed E-state index contributed by atoms with van der Waals surface area (Å²) in [4.78, 5) is 11.2. The van der Waals surface area contributed by atoms with E-state index in [1.165, 1.54) is 38.5 Å². The number of hydrogen-bond acceptors (Lipinski definition) is 2. The maximum atomic E-state index is 11.2. The smallest absolute Gasteiger partial charge is 0.158 e. The molecule has 1 aliphatic rings. The lowest BCUT2D eigenvalue weighted by molar-refractivity contribution is -0.122. The summed E-state index contributed by atoms with van der Waals surface area (Å²) in [6.45, 7) is 0.298. The van der Waals surface area contributed by atoms with Gasteiger partial charge in [-0.1, -0.05) is 38.5 Å².